The number of nitrogens with one attached hydrogen (secondary N) is 1. The van der Waals surface area contributed by atoms with Crippen LogP contribution in [0.2, 0.25) is 0 Å². The molecule has 0 spiro atoms. The van der Waals surface area contributed by atoms with Crippen molar-refractivity contribution in [2.24, 2.45) is 5.73 Å². The summed E-state index contributed by atoms with van der Waals surface area (Å²) in [7, 11) is -2.59. The molecule has 1 aromatic rings. The van der Waals surface area contributed by atoms with E-state index in [1.807, 2.05) is 0 Å². The van der Waals surface area contributed by atoms with E-state index >= 15 is 0 Å². The van der Waals surface area contributed by atoms with Crippen LogP contribution in [0.1, 0.15) is 38.5 Å². The number of ether oxygens (including phenoxy) is 1. The average Bonchev–Trinajstić information content (AvgIpc) is 2.77. The number of nitrogens with zero attached hydrogens (tertiary/aromatic N) is 1. The molecule has 0 amide bonds. The van der Waals surface area contributed by atoms with Crippen molar-refractivity contribution >= 4 is 28.1 Å². The molecule has 2 rings (SSSR count). The molecule has 8 nitrogen and oxygen atoms in total. The highest BCUT2D eigenvalue weighted by Crippen LogP contribution is 2.30. The monoisotopic (exact) mass is 393 g/mol. The van der Waals surface area contributed by atoms with Gasteiger partial charge < -0.3 is 10.5 Å². The molecule has 142 valence electrons. The number of methoxy groups -OCH3 is 1. The molecule has 1 fully saturated rings. The molecule has 0 aliphatic heterocycles. The number of nitro benzene ring substituents is 1. The number of nitrogens with two attached hydrogens (primary N) is 1. The van der Waals surface area contributed by atoms with Crippen LogP contribution in [0.25, 0.3) is 0 Å². The van der Waals surface area contributed by atoms with E-state index in [0.29, 0.717) is 0 Å². The van der Waals surface area contributed by atoms with Gasteiger partial charge in [0.05, 0.1) is 16.9 Å². The molecule has 0 unspecified atom stereocenters. The molecule has 3 N–H and O–H groups in total. The van der Waals surface area contributed by atoms with E-state index in [-0.39, 0.29) is 29.6 Å². The van der Waals surface area contributed by atoms with E-state index in [1.54, 1.807) is 0 Å². The van der Waals surface area contributed by atoms with E-state index < -0.39 is 26.2 Å². The summed E-state index contributed by atoms with van der Waals surface area (Å²) in [5.41, 5.74) is 5.35. The zero-order valence-corrected chi connectivity index (χ0v) is 15.7. The van der Waals surface area contributed by atoms with E-state index in [4.69, 9.17) is 10.5 Å². The van der Waals surface area contributed by atoms with Crippen LogP contribution < -0.4 is 15.2 Å². The fraction of sp³-hybridized carbons (Fsp3) is 0.600. The summed E-state index contributed by atoms with van der Waals surface area (Å²) in [5, 5.41) is 11.0. The number of hydrogen-bond acceptors (Lipinski definition) is 6. The van der Waals surface area contributed by atoms with Crippen LogP contribution in [0.5, 0.6) is 5.75 Å². The predicted molar refractivity (Wildman–Crippen MR) is 96.7 cm³/mol. The topological polar surface area (TPSA) is 125 Å². The third-order valence-electron chi connectivity index (χ3n) is 4.37. The Labute approximate surface area is 153 Å². The quantitative estimate of drug-likeness (QED) is 0.434. The minimum atomic E-state index is -3.88. The Morgan fingerprint density at radius 2 is 1.88 bits per heavy atom. The van der Waals surface area contributed by atoms with Gasteiger partial charge in [-0.25, -0.2) is 13.1 Å². The molecule has 1 aliphatic rings. The van der Waals surface area contributed by atoms with Crippen LogP contribution in [0.4, 0.5) is 5.69 Å². The highest BCUT2D eigenvalue weighted by Gasteiger charge is 2.29. The summed E-state index contributed by atoms with van der Waals surface area (Å²) in [5.74, 6) is 0.0120. The SMILES string of the molecule is COc1ccc(S(=O)(=O)NCC2(N)CCCCCC2)cc1[N+](=O)[O-].Cl. The molecule has 25 heavy (non-hydrogen) atoms. The average molecular weight is 394 g/mol. The Bertz CT molecular complexity index is 703. The zero-order valence-electron chi connectivity index (χ0n) is 14.1. The first-order valence-electron chi connectivity index (χ1n) is 7.88. The van der Waals surface area contributed by atoms with Crippen LogP contribution in [0.3, 0.4) is 0 Å². The second kappa shape index (κ2) is 8.79. The molecule has 0 aromatic heterocycles. The Morgan fingerprint density at radius 3 is 2.40 bits per heavy atom. The van der Waals surface area contributed by atoms with E-state index in [2.05, 4.69) is 4.72 Å². The summed E-state index contributed by atoms with van der Waals surface area (Å²) in [6.45, 7) is 0.120. The second-order valence-corrected chi connectivity index (χ2v) is 7.96. The van der Waals surface area contributed by atoms with E-state index in [0.717, 1.165) is 44.6 Å². The molecule has 1 aliphatic carbocycles. The Kier molecular flexibility index (Phi) is 7.61. The van der Waals surface area contributed by atoms with Gasteiger partial charge in [-0.1, -0.05) is 25.7 Å². The van der Waals surface area contributed by atoms with Gasteiger partial charge in [0, 0.05) is 18.2 Å². The smallest absolute Gasteiger partial charge is 0.312 e. The second-order valence-electron chi connectivity index (χ2n) is 6.19. The van der Waals surface area contributed by atoms with E-state index in [1.165, 1.54) is 19.2 Å². The minimum absolute atomic E-state index is 0. The summed E-state index contributed by atoms with van der Waals surface area (Å²) in [4.78, 5) is 10.2. The van der Waals surface area contributed by atoms with Crippen molar-refractivity contribution in [2.75, 3.05) is 13.7 Å². The number of rotatable bonds is 6. The highest BCUT2D eigenvalue weighted by molar-refractivity contribution is 7.89. The summed E-state index contributed by atoms with van der Waals surface area (Å²) >= 11 is 0. The molecule has 1 saturated carbocycles. The van der Waals surface area contributed by atoms with Gasteiger partial charge in [-0.05, 0) is 25.0 Å². The number of halogens is 1. The van der Waals surface area contributed by atoms with Gasteiger partial charge in [0.25, 0.3) is 0 Å². The zero-order chi connectivity index (χ0) is 17.8. The van der Waals surface area contributed by atoms with Crippen molar-refractivity contribution in [2.45, 2.75) is 49.0 Å². The van der Waals surface area contributed by atoms with Gasteiger partial charge in [0.1, 0.15) is 0 Å². The van der Waals surface area contributed by atoms with Crippen LogP contribution in [0, 0.1) is 10.1 Å². The Balaban J connectivity index is 0.00000312. The fourth-order valence-electron chi connectivity index (χ4n) is 2.91. The standard InChI is InChI=1S/C15H23N3O5S.ClH/c1-23-14-7-6-12(10-13(14)18(19)20)24(21,22)17-11-15(16)8-4-2-3-5-9-15;/h6-7,10,17H,2-5,8-9,11,16H2,1H3;1H. The highest BCUT2D eigenvalue weighted by atomic mass is 35.5. The number of hydrogen-bond donors (Lipinski definition) is 2. The van der Waals surface area contributed by atoms with Crippen LogP contribution in [-0.2, 0) is 10.0 Å². The molecular formula is C15H24ClN3O5S. The maximum absolute atomic E-state index is 12.4. The Hall–Kier alpha value is -1.42. The van der Waals surface area contributed by atoms with Crippen LogP contribution >= 0.6 is 12.4 Å². The lowest BCUT2D eigenvalue weighted by atomic mass is 9.92. The van der Waals surface area contributed by atoms with Gasteiger partial charge in [-0.3, -0.25) is 10.1 Å². The number of benzene rings is 1. The summed E-state index contributed by atoms with van der Waals surface area (Å²) in [6.07, 6.45) is 5.70. The molecule has 0 saturated heterocycles. The Morgan fingerprint density at radius 1 is 1.28 bits per heavy atom. The molecule has 10 heteroatoms. The summed E-state index contributed by atoms with van der Waals surface area (Å²) in [6, 6.07) is 3.55. The first kappa shape index (κ1) is 21.6. The molecule has 1 aromatic carbocycles. The van der Waals surface area contributed by atoms with Crippen LogP contribution in [-0.4, -0.2) is 32.5 Å². The van der Waals surface area contributed by atoms with Gasteiger partial charge in [0.2, 0.25) is 10.0 Å². The van der Waals surface area contributed by atoms with Crippen molar-refractivity contribution in [1.29, 1.82) is 0 Å². The predicted octanol–water partition coefficient (Wildman–Crippen LogP) is 2.36. The van der Waals surface area contributed by atoms with Crippen molar-refractivity contribution in [3.8, 4) is 5.75 Å². The van der Waals surface area contributed by atoms with Gasteiger partial charge >= 0.3 is 5.69 Å². The van der Waals surface area contributed by atoms with Crippen LogP contribution in [0.15, 0.2) is 23.1 Å². The molecular weight excluding hydrogens is 370 g/mol. The van der Waals surface area contributed by atoms with Crippen molar-refractivity contribution < 1.29 is 18.1 Å². The lowest BCUT2D eigenvalue weighted by Gasteiger charge is -2.28. The first-order valence-corrected chi connectivity index (χ1v) is 9.37. The first-order chi connectivity index (χ1) is 11.3. The van der Waals surface area contributed by atoms with Gasteiger partial charge in [-0.2, -0.15) is 0 Å². The summed E-state index contributed by atoms with van der Waals surface area (Å²) < 4.78 is 32.3. The largest absolute Gasteiger partial charge is 0.490 e. The fourth-order valence-corrected chi connectivity index (χ4v) is 4.07. The van der Waals surface area contributed by atoms with Gasteiger partial charge in [0.15, 0.2) is 5.75 Å². The molecule has 0 radical (unpaired) electrons. The molecule has 0 heterocycles. The van der Waals surface area contributed by atoms with E-state index in [9.17, 15) is 18.5 Å². The minimum Gasteiger partial charge on any atom is -0.490 e. The van der Waals surface area contributed by atoms with Gasteiger partial charge in [-0.15, -0.1) is 12.4 Å². The third-order valence-corrected chi connectivity index (χ3v) is 5.77. The molecule has 0 bridgehead atoms. The van der Waals surface area contributed by atoms with Crippen molar-refractivity contribution in [1.82, 2.24) is 4.72 Å². The van der Waals surface area contributed by atoms with Crippen molar-refractivity contribution in [3.63, 3.8) is 0 Å². The third kappa shape index (κ3) is 5.53. The lowest BCUT2D eigenvalue weighted by Crippen LogP contribution is -2.49. The maximum atomic E-state index is 12.4. The molecule has 0 atom stereocenters. The maximum Gasteiger partial charge on any atom is 0.312 e. The number of sulfonamides is 1. The number of nitro groups is 1. The normalized spacial score (nSPS) is 17.2. The lowest BCUT2D eigenvalue weighted by molar-refractivity contribution is -0.386. The van der Waals surface area contributed by atoms with Crippen molar-refractivity contribution in [3.05, 3.63) is 28.3 Å².